The molecule has 132 valence electrons. The lowest BCUT2D eigenvalue weighted by atomic mass is 10.1. The number of rotatable bonds is 6. The summed E-state index contributed by atoms with van der Waals surface area (Å²) < 4.78 is 1.47. The fourth-order valence-corrected chi connectivity index (χ4v) is 2.87. The number of amides is 1. The van der Waals surface area contributed by atoms with E-state index in [0.717, 1.165) is 11.1 Å². The van der Waals surface area contributed by atoms with Crippen molar-refractivity contribution in [3.8, 4) is 0 Å². The van der Waals surface area contributed by atoms with E-state index < -0.39 is 0 Å². The number of aromatic nitrogens is 1. The van der Waals surface area contributed by atoms with Gasteiger partial charge < -0.3 is 9.47 Å². The highest BCUT2D eigenvalue weighted by Gasteiger charge is 2.16. The van der Waals surface area contributed by atoms with Gasteiger partial charge in [0.2, 0.25) is 5.91 Å². The summed E-state index contributed by atoms with van der Waals surface area (Å²) in [5.74, 6) is -0.0783. The Labute approximate surface area is 153 Å². The molecule has 3 aromatic rings. The van der Waals surface area contributed by atoms with Gasteiger partial charge >= 0.3 is 0 Å². The largest absolute Gasteiger partial charge is 0.332 e. The molecule has 0 atom stereocenters. The van der Waals surface area contributed by atoms with E-state index in [1.54, 1.807) is 30.2 Å². The molecule has 4 nitrogen and oxygen atoms in total. The number of nitrogens with zero attached hydrogens (tertiary/aromatic N) is 2. The number of benzene rings is 2. The van der Waals surface area contributed by atoms with Crippen molar-refractivity contribution in [1.29, 1.82) is 0 Å². The third-order valence-electron chi connectivity index (χ3n) is 4.30. The number of hydrogen-bond donors (Lipinski definition) is 0. The first kappa shape index (κ1) is 17.7. The minimum absolute atomic E-state index is 0.0418. The van der Waals surface area contributed by atoms with Gasteiger partial charge in [-0.15, -0.1) is 0 Å². The highest BCUT2D eigenvalue weighted by atomic mass is 16.2. The first-order chi connectivity index (χ1) is 12.6. The summed E-state index contributed by atoms with van der Waals surface area (Å²) in [7, 11) is 0. The smallest absolute Gasteiger partial charge is 0.253 e. The molecule has 1 heterocycles. The van der Waals surface area contributed by atoms with E-state index in [1.165, 1.54) is 4.57 Å². The zero-order valence-corrected chi connectivity index (χ0v) is 14.8. The molecule has 2 aromatic carbocycles. The third-order valence-corrected chi connectivity index (χ3v) is 4.30. The van der Waals surface area contributed by atoms with Gasteiger partial charge in [0, 0.05) is 24.8 Å². The lowest BCUT2D eigenvalue weighted by Crippen LogP contribution is -2.36. The van der Waals surface area contributed by atoms with Crippen LogP contribution in [0.1, 0.15) is 16.7 Å². The number of carbonyl (C=O) groups is 1. The lowest BCUT2D eigenvalue weighted by molar-refractivity contribution is -0.133. The minimum Gasteiger partial charge on any atom is -0.332 e. The summed E-state index contributed by atoms with van der Waals surface area (Å²) in [4.78, 5) is 27.0. The van der Waals surface area contributed by atoms with Crippen LogP contribution in [0.5, 0.6) is 0 Å². The summed E-state index contributed by atoms with van der Waals surface area (Å²) in [6, 6.07) is 23.3. The van der Waals surface area contributed by atoms with E-state index in [4.69, 9.17) is 0 Å². The molecule has 0 radical (unpaired) electrons. The summed E-state index contributed by atoms with van der Waals surface area (Å²) in [5.41, 5.74) is 2.64. The molecular weight excluding hydrogens is 324 g/mol. The number of hydrogen-bond acceptors (Lipinski definition) is 2. The van der Waals surface area contributed by atoms with Crippen molar-refractivity contribution < 1.29 is 4.79 Å². The Bertz CT molecular complexity index is 876. The van der Waals surface area contributed by atoms with Crippen LogP contribution in [0.4, 0.5) is 0 Å². The van der Waals surface area contributed by atoms with Crippen molar-refractivity contribution in [1.82, 2.24) is 9.47 Å². The van der Waals surface area contributed by atoms with Crippen LogP contribution in [0.3, 0.4) is 0 Å². The van der Waals surface area contributed by atoms with Gasteiger partial charge in [0.15, 0.2) is 0 Å². The lowest BCUT2D eigenvalue weighted by Gasteiger charge is -2.23. The van der Waals surface area contributed by atoms with Crippen molar-refractivity contribution in [3.05, 3.63) is 106 Å². The average molecular weight is 346 g/mol. The van der Waals surface area contributed by atoms with E-state index >= 15 is 0 Å². The molecule has 26 heavy (non-hydrogen) atoms. The Morgan fingerprint density at radius 2 is 1.38 bits per heavy atom. The predicted octanol–water partition coefficient (Wildman–Crippen LogP) is 3.39. The van der Waals surface area contributed by atoms with Crippen molar-refractivity contribution in [2.75, 3.05) is 0 Å². The highest BCUT2D eigenvalue weighted by Crippen LogP contribution is 2.11. The van der Waals surface area contributed by atoms with Gasteiger partial charge in [0.1, 0.15) is 6.54 Å². The van der Waals surface area contributed by atoms with Crippen molar-refractivity contribution in [3.63, 3.8) is 0 Å². The van der Waals surface area contributed by atoms with Crippen molar-refractivity contribution >= 4 is 5.91 Å². The molecule has 1 aromatic heterocycles. The second-order valence-corrected chi connectivity index (χ2v) is 6.35. The zero-order valence-electron chi connectivity index (χ0n) is 14.8. The monoisotopic (exact) mass is 346 g/mol. The van der Waals surface area contributed by atoms with Gasteiger partial charge in [-0.25, -0.2) is 0 Å². The molecule has 3 rings (SSSR count). The number of pyridine rings is 1. The third kappa shape index (κ3) is 4.48. The molecule has 0 aliphatic carbocycles. The van der Waals surface area contributed by atoms with Gasteiger partial charge in [0.25, 0.3) is 5.56 Å². The van der Waals surface area contributed by atoms with Gasteiger partial charge in [-0.3, -0.25) is 9.59 Å². The van der Waals surface area contributed by atoms with Crippen LogP contribution >= 0.6 is 0 Å². The van der Waals surface area contributed by atoms with Crippen molar-refractivity contribution in [2.24, 2.45) is 0 Å². The Hall–Kier alpha value is -3.14. The Balaban J connectivity index is 1.82. The molecule has 1 amide bonds. The normalized spacial score (nSPS) is 10.5. The Kier molecular flexibility index (Phi) is 5.64. The second kappa shape index (κ2) is 8.30. The first-order valence-electron chi connectivity index (χ1n) is 8.65. The molecule has 0 aliphatic rings. The van der Waals surface area contributed by atoms with Crippen LogP contribution in [0.15, 0.2) is 83.8 Å². The molecule has 0 saturated heterocycles. The standard InChI is InChI=1S/C22H22N2O2/c1-18-9-8-14-23(22(18)26)17-21(25)24(15-19-10-4-2-5-11-19)16-20-12-6-3-7-13-20/h2-14H,15-17H2,1H3. The van der Waals surface area contributed by atoms with Crippen LogP contribution in [0.2, 0.25) is 0 Å². The summed E-state index contributed by atoms with van der Waals surface area (Å²) in [6.45, 7) is 2.82. The van der Waals surface area contributed by atoms with Crippen LogP contribution in [0, 0.1) is 6.92 Å². The van der Waals surface area contributed by atoms with E-state index in [9.17, 15) is 9.59 Å². The summed E-state index contributed by atoms with van der Waals surface area (Å²) in [5, 5.41) is 0. The maximum Gasteiger partial charge on any atom is 0.253 e. The van der Waals surface area contributed by atoms with Gasteiger partial charge in [-0.05, 0) is 24.1 Å². The fourth-order valence-electron chi connectivity index (χ4n) is 2.87. The van der Waals surface area contributed by atoms with E-state index in [1.807, 2.05) is 60.7 Å². The van der Waals surface area contributed by atoms with Gasteiger partial charge in [0.05, 0.1) is 0 Å². The molecular formula is C22H22N2O2. The minimum atomic E-state index is -0.125. The van der Waals surface area contributed by atoms with Crippen molar-refractivity contribution in [2.45, 2.75) is 26.6 Å². The SMILES string of the molecule is Cc1cccn(CC(=O)N(Cc2ccccc2)Cc2ccccc2)c1=O. The van der Waals surface area contributed by atoms with Crippen LogP contribution < -0.4 is 5.56 Å². The van der Waals surface area contributed by atoms with Crippen LogP contribution in [0.25, 0.3) is 0 Å². The Morgan fingerprint density at radius 3 is 1.92 bits per heavy atom. The summed E-state index contributed by atoms with van der Waals surface area (Å²) in [6.07, 6.45) is 1.66. The number of carbonyl (C=O) groups excluding carboxylic acids is 1. The van der Waals surface area contributed by atoms with Crippen LogP contribution in [-0.2, 0) is 24.4 Å². The van der Waals surface area contributed by atoms with Gasteiger partial charge in [-0.2, -0.15) is 0 Å². The molecule has 0 bridgehead atoms. The highest BCUT2D eigenvalue weighted by molar-refractivity contribution is 5.76. The van der Waals surface area contributed by atoms with Gasteiger partial charge in [-0.1, -0.05) is 66.7 Å². The van der Waals surface area contributed by atoms with E-state index in [0.29, 0.717) is 18.7 Å². The molecule has 4 heteroatoms. The average Bonchev–Trinajstić information content (AvgIpc) is 2.66. The quantitative estimate of drug-likeness (QED) is 0.687. The topological polar surface area (TPSA) is 42.3 Å². The molecule has 0 saturated carbocycles. The van der Waals surface area contributed by atoms with Crippen LogP contribution in [-0.4, -0.2) is 15.4 Å². The Morgan fingerprint density at radius 1 is 0.846 bits per heavy atom. The fraction of sp³-hybridized carbons (Fsp3) is 0.182. The maximum absolute atomic E-state index is 13.0. The molecule has 0 fully saturated rings. The zero-order chi connectivity index (χ0) is 18.4. The summed E-state index contributed by atoms with van der Waals surface area (Å²) >= 11 is 0. The van der Waals surface area contributed by atoms with E-state index in [-0.39, 0.29) is 18.0 Å². The molecule has 0 aliphatic heterocycles. The predicted molar refractivity (Wildman–Crippen MR) is 103 cm³/mol. The molecule has 0 spiro atoms. The van der Waals surface area contributed by atoms with E-state index in [2.05, 4.69) is 0 Å². The maximum atomic E-state index is 13.0. The number of aryl methyl sites for hydroxylation is 1. The first-order valence-corrected chi connectivity index (χ1v) is 8.65. The molecule has 0 unspecified atom stereocenters. The molecule has 0 N–H and O–H groups in total. The second-order valence-electron chi connectivity index (χ2n) is 6.35.